The second kappa shape index (κ2) is 6.06. The average molecular weight is 256 g/mol. The van der Waals surface area contributed by atoms with Crippen LogP contribution in [0.1, 0.15) is 22.9 Å². The SMILES string of the molecule is Cc1ccc(C(N)C(=O)NCc2cccnn2)cc1. The molecule has 0 aliphatic rings. The molecule has 0 radical (unpaired) electrons. The summed E-state index contributed by atoms with van der Waals surface area (Å²) in [5, 5.41) is 10.4. The van der Waals surface area contributed by atoms with E-state index >= 15 is 0 Å². The van der Waals surface area contributed by atoms with Crippen LogP contribution in [0.3, 0.4) is 0 Å². The summed E-state index contributed by atoms with van der Waals surface area (Å²) < 4.78 is 0. The molecule has 1 atom stereocenters. The van der Waals surface area contributed by atoms with Crippen LogP contribution in [0.5, 0.6) is 0 Å². The van der Waals surface area contributed by atoms with Crippen LogP contribution >= 0.6 is 0 Å². The van der Waals surface area contributed by atoms with E-state index in [9.17, 15) is 4.79 Å². The van der Waals surface area contributed by atoms with E-state index in [1.807, 2.05) is 31.2 Å². The highest BCUT2D eigenvalue weighted by atomic mass is 16.2. The maximum absolute atomic E-state index is 11.9. The maximum atomic E-state index is 11.9. The summed E-state index contributed by atoms with van der Waals surface area (Å²) in [5.74, 6) is -0.227. The molecule has 98 valence electrons. The number of hydrogen-bond donors (Lipinski definition) is 2. The molecule has 2 aromatic rings. The molecule has 0 bridgehead atoms. The van der Waals surface area contributed by atoms with Crippen molar-refractivity contribution in [2.24, 2.45) is 5.73 Å². The van der Waals surface area contributed by atoms with E-state index in [0.717, 1.165) is 11.1 Å². The molecule has 0 aliphatic carbocycles. The van der Waals surface area contributed by atoms with Gasteiger partial charge in [-0.15, -0.1) is 0 Å². The molecule has 1 unspecified atom stereocenters. The van der Waals surface area contributed by atoms with E-state index in [1.54, 1.807) is 18.3 Å². The molecule has 0 aliphatic heterocycles. The molecular formula is C14H16N4O. The molecule has 5 heteroatoms. The van der Waals surface area contributed by atoms with Crippen LogP contribution in [-0.4, -0.2) is 16.1 Å². The van der Waals surface area contributed by atoms with Gasteiger partial charge in [0.15, 0.2) is 0 Å². The summed E-state index contributed by atoms with van der Waals surface area (Å²) in [6.45, 7) is 2.32. The summed E-state index contributed by atoms with van der Waals surface area (Å²) >= 11 is 0. The minimum absolute atomic E-state index is 0.227. The predicted molar refractivity (Wildman–Crippen MR) is 72.0 cm³/mol. The van der Waals surface area contributed by atoms with Crippen LogP contribution < -0.4 is 11.1 Å². The van der Waals surface area contributed by atoms with E-state index < -0.39 is 6.04 Å². The molecule has 3 N–H and O–H groups in total. The Labute approximate surface area is 111 Å². The predicted octanol–water partition coefficient (Wildman–Crippen LogP) is 1.10. The third-order valence-electron chi connectivity index (χ3n) is 2.79. The standard InChI is InChI=1S/C14H16N4O/c1-10-4-6-11(7-5-10)13(15)14(19)16-9-12-3-2-8-17-18-12/h2-8,13H,9,15H2,1H3,(H,16,19). The highest BCUT2D eigenvalue weighted by Gasteiger charge is 2.15. The Bertz CT molecular complexity index is 539. The first-order chi connectivity index (χ1) is 9.16. The van der Waals surface area contributed by atoms with Crippen LogP contribution in [0.2, 0.25) is 0 Å². The van der Waals surface area contributed by atoms with Gasteiger partial charge in [0.1, 0.15) is 6.04 Å². The van der Waals surface area contributed by atoms with Gasteiger partial charge in [-0.1, -0.05) is 29.8 Å². The van der Waals surface area contributed by atoms with Crippen molar-refractivity contribution >= 4 is 5.91 Å². The third kappa shape index (κ3) is 3.59. The fraction of sp³-hybridized carbons (Fsp3) is 0.214. The number of nitrogens with one attached hydrogen (secondary N) is 1. The van der Waals surface area contributed by atoms with Crippen molar-refractivity contribution in [2.45, 2.75) is 19.5 Å². The Balaban J connectivity index is 1.94. The molecule has 1 heterocycles. The topological polar surface area (TPSA) is 80.9 Å². The molecule has 0 saturated heterocycles. The lowest BCUT2D eigenvalue weighted by molar-refractivity contribution is -0.122. The number of amides is 1. The van der Waals surface area contributed by atoms with Gasteiger partial charge in [-0.3, -0.25) is 4.79 Å². The molecule has 0 spiro atoms. The lowest BCUT2D eigenvalue weighted by atomic mass is 10.1. The van der Waals surface area contributed by atoms with Gasteiger partial charge in [-0.25, -0.2) is 0 Å². The Hall–Kier alpha value is -2.27. The Morgan fingerprint density at radius 2 is 2.05 bits per heavy atom. The zero-order chi connectivity index (χ0) is 13.7. The molecule has 1 aromatic heterocycles. The smallest absolute Gasteiger partial charge is 0.241 e. The minimum atomic E-state index is -0.669. The van der Waals surface area contributed by atoms with Crippen LogP contribution in [-0.2, 0) is 11.3 Å². The molecule has 19 heavy (non-hydrogen) atoms. The van der Waals surface area contributed by atoms with Crippen molar-refractivity contribution in [1.82, 2.24) is 15.5 Å². The lowest BCUT2D eigenvalue weighted by Crippen LogP contribution is -2.33. The molecule has 5 nitrogen and oxygen atoms in total. The summed E-state index contributed by atoms with van der Waals surface area (Å²) in [4.78, 5) is 11.9. The van der Waals surface area contributed by atoms with Crippen LogP contribution in [0, 0.1) is 6.92 Å². The van der Waals surface area contributed by atoms with E-state index in [2.05, 4.69) is 15.5 Å². The summed E-state index contributed by atoms with van der Waals surface area (Å²) in [6.07, 6.45) is 1.59. The number of hydrogen-bond acceptors (Lipinski definition) is 4. The van der Waals surface area contributed by atoms with E-state index in [0.29, 0.717) is 12.2 Å². The van der Waals surface area contributed by atoms with Gasteiger partial charge < -0.3 is 11.1 Å². The number of nitrogens with zero attached hydrogens (tertiary/aromatic N) is 2. The summed E-state index contributed by atoms with van der Waals surface area (Å²) in [5.41, 5.74) is 8.53. The first kappa shape index (κ1) is 13.2. The quantitative estimate of drug-likeness (QED) is 0.858. The number of carbonyl (C=O) groups excluding carboxylic acids is 1. The van der Waals surface area contributed by atoms with Gasteiger partial charge >= 0.3 is 0 Å². The summed E-state index contributed by atoms with van der Waals surface area (Å²) in [7, 11) is 0. The van der Waals surface area contributed by atoms with Crippen molar-refractivity contribution in [2.75, 3.05) is 0 Å². The minimum Gasteiger partial charge on any atom is -0.349 e. The van der Waals surface area contributed by atoms with Gasteiger partial charge in [0.2, 0.25) is 5.91 Å². The zero-order valence-corrected chi connectivity index (χ0v) is 10.7. The second-order valence-electron chi connectivity index (χ2n) is 4.32. The lowest BCUT2D eigenvalue weighted by Gasteiger charge is -2.12. The maximum Gasteiger partial charge on any atom is 0.241 e. The normalized spacial score (nSPS) is 11.9. The molecule has 0 saturated carbocycles. The third-order valence-corrected chi connectivity index (χ3v) is 2.79. The zero-order valence-electron chi connectivity index (χ0n) is 10.7. The molecule has 0 fully saturated rings. The van der Waals surface area contributed by atoms with Gasteiger partial charge in [-0.05, 0) is 24.6 Å². The van der Waals surface area contributed by atoms with Crippen molar-refractivity contribution in [3.63, 3.8) is 0 Å². The first-order valence-electron chi connectivity index (χ1n) is 6.03. The Morgan fingerprint density at radius 1 is 1.32 bits per heavy atom. The highest BCUT2D eigenvalue weighted by molar-refractivity contribution is 5.82. The van der Waals surface area contributed by atoms with Crippen LogP contribution in [0.25, 0.3) is 0 Å². The first-order valence-corrected chi connectivity index (χ1v) is 6.03. The highest BCUT2D eigenvalue weighted by Crippen LogP contribution is 2.11. The largest absolute Gasteiger partial charge is 0.349 e. The van der Waals surface area contributed by atoms with Crippen LogP contribution in [0.15, 0.2) is 42.6 Å². The van der Waals surface area contributed by atoms with Crippen molar-refractivity contribution < 1.29 is 4.79 Å². The van der Waals surface area contributed by atoms with Crippen molar-refractivity contribution in [3.05, 3.63) is 59.4 Å². The fourth-order valence-electron chi connectivity index (χ4n) is 1.64. The number of aryl methyl sites for hydroxylation is 1. The number of nitrogens with two attached hydrogens (primary N) is 1. The van der Waals surface area contributed by atoms with Crippen molar-refractivity contribution in [3.8, 4) is 0 Å². The monoisotopic (exact) mass is 256 g/mol. The second-order valence-corrected chi connectivity index (χ2v) is 4.32. The van der Waals surface area contributed by atoms with Gasteiger partial charge in [0, 0.05) is 6.20 Å². The number of rotatable bonds is 4. The summed E-state index contributed by atoms with van der Waals surface area (Å²) in [6, 6.07) is 10.5. The van der Waals surface area contributed by atoms with E-state index in [1.165, 1.54) is 0 Å². The number of carbonyl (C=O) groups is 1. The van der Waals surface area contributed by atoms with Crippen molar-refractivity contribution in [1.29, 1.82) is 0 Å². The Morgan fingerprint density at radius 3 is 2.68 bits per heavy atom. The molecular weight excluding hydrogens is 240 g/mol. The number of benzene rings is 1. The van der Waals surface area contributed by atoms with Gasteiger partial charge in [-0.2, -0.15) is 10.2 Å². The van der Waals surface area contributed by atoms with Gasteiger partial charge in [0.25, 0.3) is 0 Å². The van der Waals surface area contributed by atoms with E-state index in [-0.39, 0.29) is 5.91 Å². The van der Waals surface area contributed by atoms with Crippen LogP contribution in [0.4, 0.5) is 0 Å². The molecule has 1 aromatic carbocycles. The molecule has 1 amide bonds. The average Bonchev–Trinajstić information content (AvgIpc) is 2.46. The number of aromatic nitrogens is 2. The Kier molecular flexibility index (Phi) is 4.20. The fourth-order valence-corrected chi connectivity index (χ4v) is 1.64. The van der Waals surface area contributed by atoms with Gasteiger partial charge in [0.05, 0.1) is 12.2 Å². The van der Waals surface area contributed by atoms with E-state index in [4.69, 9.17) is 5.73 Å². The molecule has 2 rings (SSSR count).